The summed E-state index contributed by atoms with van der Waals surface area (Å²) >= 11 is 6.04. The second kappa shape index (κ2) is 4.61. The van der Waals surface area contributed by atoms with Gasteiger partial charge >= 0.3 is 12.0 Å². The maximum atomic E-state index is 11.2. The fraction of sp³-hybridized carbons (Fsp3) is 0.545. The Hall–Kier alpha value is -1.56. The summed E-state index contributed by atoms with van der Waals surface area (Å²) < 4.78 is 4.94. The van der Waals surface area contributed by atoms with E-state index >= 15 is 0 Å². The van der Waals surface area contributed by atoms with E-state index in [9.17, 15) is 9.90 Å². The van der Waals surface area contributed by atoms with Crippen LogP contribution in [0, 0.1) is 5.41 Å². The van der Waals surface area contributed by atoms with Crippen molar-refractivity contribution in [3.8, 4) is 6.01 Å². The van der Waals surface area contributed by atoms with Crippen molar-refractivity contribution < 1.29 is 14.6 Å². The fourth-order valence-electron chi connectivity index (χ4n) is 1.98. The molecule has 98 valence electrons. The maximum absolute atomic E-state index is 11.2. The number of rotatable bonds is 3. The van der Waals surface area contributed by atoms with Gasteiger partial charge in [-0.25, -0.2) is 4.98 Å². The lowest BCUT2D eigenvalue weighted by atomic mass is 9.90. The minimum Gasteiger partial charge on any atom is -0.481 e. The summed E-state index contributed by atoms with van der Waals surface area (Å²) in [5.41, 5.74) is -0.762. The molecule has 7 heteroatoms. The number of carboxylic acid groups (broad SMARTS) is 1. The SMILES string of the molecule is COc1ncc(Cl)c(N2CCC(C)(C(=O)O)C2)n1. The highest BCUT2D eigenvalue weighted by Crippen LogP contribution is 2.35. The van der Waals surface area contributed by atoms with Crippen LogP contribution < -0.4 is 9.64 Å². The van der Waals surface area contributed by atoms with E-state index < -0.39 is 11.4 Å². The number of methoxy groups -OCH3 is 1. The standard InChI is InChI=1S/C11H14ClN3O3/c1-11(9(16)17)3-4-15(6-11)8-7(12)5-13-10(14-8)18-2/h5H,3-4,6H2,1-2H3,(H,16,17). The van der Waals surface area contributed by atoms with Crippen LogP contribution in [0.4, 0.5) is 5.82 Å². The van der Waals surface area contributed by atoms with E-state index in [1.807, 2.05) is 4.90 Å². The fourth-order valence-corrected chi connectivity index (χ4v) is 2.19. The monoisotopic (exact) mass is 271 g/mol. The largest absolute Gasteiger partial charge is 0.481 e. The summed E-state index contributed by atoms with van der Waals surface area (Å²) in [7, 11) is 1.47. The van der Waals surface area contributed by atoms with Crippen LogP contribution in [0.3, 0.4) is 0 Å². The van der Waals surface area contributed by atoms with E-state index in [1.165, 1.54) is 13.3 Å². The van der Waals surface area contributed by atoms with Crippen LogP contribution in [0.25, 0.3) is 0 Å². The van der Waals surface area contributed by atoms with Gasteiger partial charge in [0.25, 0.3) is 0 Å². The van der Waals surface area contributed by atoms with Gasteiger partial charge in [0.15, 0.2) is 5.82 Å². The maximum Gasteiger partial charge on any atom is 0.318 e. The number of carbonyl (C=O) groups is 1. The highest BCUT2D eigenvalue weighted by atomic mass is 35.5. The lowest BCUT2D eigenvalue weighted by Crippen LogP contribution is -2.32. The van der Waals surface area contributed by atoms with E-state index in [4.69, 9.17) is 16.3 Å². The van der Waals surface area contributed by atoms with Crippen molar-refractivity contribution in [2.45, 2.75) is 13.3 Å². The highest BCUT2D eigenvalue weighted by molar-refractivity contribution is 6.32. The summed E-state index contributed by atoms with van der Waals surface area (Å²) in [6, 6.07) is 0.221. The summed E-state index contributed by atoms with van der Waals surface area (Å²) in [5, 5.41) is 9.58. The van der Waals surface area contributed by atoms with Crippen LogP contribution in [-0.2, 0) is 4.79 Å². The zero-order chi connectivity index (χ0) is 13.3. The molecule has 0 bridgehead atoms. The van der Waals surface area contributed by atoms with E-state index in [2.05, 4.69) is 9.97 Å². The van der Waals surface area contributed by atoms with Crippen molar-refractivity contribution in [1.29, 1.82) is 0 Å². The van der Waals surface area contributed by atoms with Crippen molar-refractivity contribution >= 4 is 23.4 Å². The summed E-state index contributed by atoms with van der Waals surface area (Å²) in [6.07, 6.45) is 2.02. The minimum absolute atomic E-state index is 0.221. The van der Waals surface area contributed by atoms with Gasteiger partial charge in [-0.2, -0.15) is 4.98 Å². The molecule has 1 aliphatic heterocycles. The molecule has 0 radical (unpaired) electrons. The average molecular weight is 272 g/mol. The number of aliphatic carboxylic acids is 1. The van der Waals surface area contributed by atoms with Gasteiger partial charge < -0.3 is 14.7 Å². The van der Waals surface area contributed by atoms with Gasteiger partial charge in [-0.1, -0.05) is 11.6 Å². The molecule has 18 heavy (non-hydrogen) atoms. The third-order valence-corrected chi connectivity index (χ3v) is 3.44. The number of anilines is 1. The molecular formula is C11H14ClN3O3. The van der Waals surface area contributed by atoms with Crippen LogP contribution >= 0.6 is 11.6 Å². The molecule has 1 aromatic rings. The number of carboxylic acids is 1. The van der Waals surface area contributed by atoms with Crippen molar-refractivity contribution in [3.05, 3.63) is 11.2 Å². The van der Waals surface area contributed by atoms with Gasteiger partial charge in [-0.3, -0.25) is 4.79 Å². The molecule has 1 saturated heterocycles. The molecule has 1 fully saturated rings. The number of ether oxygens (including phenoxy) is 1. The Morgan fingerprint density at radius 1 is 1.67 bits per heavy atom. The predicted molar refractivity (Wildman–Crippen MR) is 66.2 cm³/mol. The Labute approximate surface area is 110 Å². The van der Waals surface area contributed by atoms with Gasteiger partial charge in [-0.15, -0.1) is 0 Å². The molecule has 1 atom stereocenters. The lowest BCUT2D eigenvalue weighted by Gasteiger charge is -2.21. The minimum atomic E-state index is -0.804. The van der Waals surface area contributed by atoms with Gasteiger partial charge in [-0.05, 0) is 13.3 Å². The Bertz CT molecular complexity index is 483. The van der Waals surface area contributed by atoms with E-state index in [0.29, 0.717) is 30.4 Å². The van der Waals surface area contributed by atoms with E-state index in [-0.39, 0.29) is 6.01 Å². The topological polar surface area (TPSA) is 75.5 Å². The first kappa shape index (κ1) is 12.9. The van der Waals surface area contributed by atoms with Gasteiger partial charge in [0.1, 0.15) is 5.02 Å². The average Bonchev–Trinajstić information content (AvgIpc) is 2.74. The van der Waals surface area contributed by atoms with Crippen molar-refractivity contribution in [2.75, 3.05) is 25.1 Å². The van der Waals surface area contributed by atoms with Crippen LogP contribution in [0.2, 0.25) is 5.02 Å². The molecule has 2 heterocycles. The Kier molecular flexibility index (Phi) is 3.30. The number of hydrogen-bond acceptors (Lipinski definition) is 5. The zero-order valence-electron chi connectivity index (χ0n) is 10.2. The lowest BCUT2D eigenvalue weighted by molar-refractivity contribution is -0.146. The highest BCUT2D eigenvalue weighted by Gasteiger charge is 2.41. The Morgan fingerprint density at radius 2 is 2.39 bits per heavy atom. The van der Waals surface area contributed by atoms with Crippen LogP contribution in [0.5, 0.6) is 6.01 Å². The first-order valence-corrected chi connectivity index (χ1v) is 5.89. The predicted octanol–water partition coefficient (Wildman–Crippen LogP) is 1.44. The normalized spacial score (nSPS) is 23.2. The van der Waals surface area contributed by atoms with Crippen LogP contribution in [-0.4, -0.2) is 41.2 Å². The zero-order valence-corrected chi connectivity index (χ0v) is 10.9. The van der Waals surface area contributed by atoms with Crippen LogP contribution in [0.1, 0.15) is 13.3 Å². The molecule has 1 aromatic heterocycles. The third kappa shape index (κ3) is 2.20. The van der Waals surface area contributed by atoms with Gasteiger partial charge in [0.2, 0.25) is 0 Å². The van der Waals surface area contributed by atoms with Gasteiger partial charge in [0, 0.05) is 13.1 Å². The van der Waals surface area contributed by atoms with E-state index in [1.54, 1.807) is 6.92 Å². The van der Waals surface area contributed by atoms with Crippen LogP contribution in [0.15, 0.2) is 6.20 Å². The summed E-state index contributed by atoms with van der Waals surface area (Å²) in [5.74, 6) is -0.282. The molecule has 0 aromatic carbocycles. The molecule has 0 aliphatic carbocycles. The van der Waals surface area contributed by atoms with Crippen molar-refractivity contribution in [2.24, 2.45) is 5.41 Å². The Balaban J connectivity index is 2.26. The molecule has 6 nitrogen and oxygen atoms in total. The number of hydrogen-bond donors (Lipinski definition) is 1. The quantitative estimate of drug-likeness (QED) is 0.896. The molecule has 0 amide bonds. The molecule has 1 unspecified atom stereocenters. The molecule has 0 saturated carbocycles. The first-order valence-electron chi connectivity index (χ1n) is 5.51. The Morgan fingerprint density at radius 3 is 2.94 bits per heavy atom. The van der Waals surface area contributed by atoms with Gasteiger partial charge in [0.05, 0.1) is 18.7 Å². The molecule has 2 rings (SSSR count). The first-order chi connectivity index (χ1) is 8.46. The molecule has 0 spiro atoms. The summed E-state index contributed by atoms with van der Waals surface area (Å²) in [6.45, 7) is 2.70. The van der Waals surface area contributed by atoms with E-state index in [0.717, 1.165) is 0 Å². The number of halogens is 1. The molecular weight excluding hydrogens is 258 g/mol. The van der Waals surface area contributed by atoms with Crippen molar-refractivity contribution in [3.63, 3.8) is 0 Å². The number of nitrogens with zero attached hydrogens (tertiary/aromatic N) is 3. The third-order valence-electron chi connectivity index (χ3n) is 3.18. The smallest absolute Gasteiger partial charge is 0.318 e. The molecule has 1 N–H and O–H groups in total. The number of aromatic nitrogens is 2. The second-order valence-electron chi connectivity index (χ2n) is 4.57. The second-order valence-corrected chi connectivity index (χ2v) is 4.97. The summed E-state index contributed by atoms with van der Waals surface area (Å²) in [4.78, 5) is 21.1. The van der Waals surface area contributed by atoms with Crippen molar-refractivity contribution in [1.82, 2.24) is 9.97 Å². The molecule has 1 aliphatic rings.